The van der Waals surface area contributed by atoms with Gasteiger partial charge in [-0.05, 0) is 6.42 Å². The van der Waals surface area contributed by atoms with Gasteiger partial charge in [0, 0.05) is 26.6 Å². The van der Waals surface area contributed by atoms with Gasteiger partial charge in [-0.3, -0.25) is 9.59 Å². The summed E-state index contributed by atoms with van der Waals surface area (Å²) in [5.74, 6) is 0.0332. The van der Waals surface area contributed by atoms with E-state index in [1.54, 1.807) is 11.9 Å². The summed E-state index contributed by atoms with van der Waals surface area (Å²) in [6, 6.07) is 0.0214. The third-order valence-electron chi connectivity index (χ3n) is 2.95. The molecule has 2 heterocycles. The molecule has 2 fully saturated rings. The summed E-state index contributed by atoms with van der Waals surface area (Å²) in [7, 11) is 1.80. The molecule has 2 aliphatic heterocycles. The number of rotatable bonds is 2. The van der Waals surface area contributed by atoms with Gasteiger partial charge in [-0.25, -0.2) is 0 Å². The highest BCUT2D eigenvalue weighted by molar-refractivity contribution is 5.90. The van der Waals surface area contributed by atoms with E-state index in [4.69, 9.17) is 0 Å². The minimum absolute atomic E-state index is 0.0107. The molecule has 0 spiro atoms. The van der Waals surface area contributed by atoms with Crippen molar-refractivity contribution in [3.05, 3.63) is 0 Å². The summed E-state index contributed by atoms with van der Waals surface area (Å²) in [4.78, 5) is 24.5. The quantitative estimate of drug-likeness (QED) is 0.578. The van der Waals surface area contributed by atoms with E-state index >= 15 is 0 Å². The summed E-state index contributed by atoms with van der Waals surface area (Å²) in [5, 5.41) is 5.80. The van der Waals surface area contributed by atoms with E-state index < -0.39 is 0 Å². The van der Waals surface area contributed by atoms with Crippen LogP contribution in [0.2, 0.25) is 0 Å². The van der Waals surface area contributed by atoms with Crippen LogP contribution in [0.25, 0.3) is 0 Å². The van der Waals surface area contributed by atoms with Crippen LogP contribution >= 0.6 is 0 Å². The third-order valence-corrected chi connectivity index (χ3v) is 2.95. The summed E-state index contributed by atoms with van der Waals surface area (Å²) in [5.41, 5.74) is 0. The van der Waals surface area contributed by atoms with E-state index in [2.05, 4.69) is 10.6 Å². The summed E-state index contributed by atoms with van der Waals surface area (Å²) in [6.07, 6.45) is 1.12. The smallest absolute Gasteiger partial charge is 0.245 e. The maximum atomic E-state index is 11.8. The number of carbonyl (C=O) groups is 2. The molecule has 0 aliphatic carbocycles. The highest BCUT2D eigenvalue weighted by atomic mass is 16.2. The summed E-state index contributed by atoms with van der Waals surface area (Å²) in [6.45, 7) is 1.73. The van der Waals surface area contributed by atoms with Crippen LogP contribution < -0.4 is 10.6 Å². The normalized spacial score (nSPS) is 26.9. The lowest BCUT2D eigenvalue weighted by Crippen LogP contribution is -2.60. The molecular weight excluding hydrogens is 182 g/mol. The highest BCUT2D eigenvalue weighted by Crippen LogP contribution is 2.12. The van der Waals surface area contributed by atoms with E-state index in [9.17, 15) is 9.59 Å². The van der Waals surface area contributed by atoms with Crippen LogP contribution in [0.1, 0.15) is 12.8 Å². The van der Waals surface area contributed by atoms with Crippen LogP contribution in [0.5, 0.6) is 0 Å². The largest absolute Gasteiger partial charge is 0.344 e. The van der Waals surface area contributed by atoms with Gasteiger partial charge in [0.2, 0.25) is 11.8 Å². The SMILES string of the molecule is CN(C(=O)[C@H]1CCC(=O)N1)C1CNC1. The first-order valence-corrected chi connectivity index (χ1v) is 4.95. The Morgan fingerprint density at radius 3 is 2.64 bits per heavy atom. The van der Waals surface area contributed by atoms with Gasteiger partial charge in [0.05, 0.1) is 6.04 Å². The first-order chi connectivity index (χ1) is 6.68. The number of hydrogen-bond donors (Lipinski definition) is 2. The Bertz CT molecular complexity index is 263. The van der Waals surface area contributed by atoms with Gasteiger partial charge in [0.25, 0.3) is 0 Å². The van der Waals surface area contributed by atoms with E-state index in [1.165, 1.54) is 0 Å². The Labute approximate surface area is 82.8 Å². The van der Waals surface area contributed by atoms with Crippen LogP contribution in [-0.4, -0.2) is 48.9 Å². The monoisotopic (exact) mass is 197 g/mol. The minimum atomic E-state index is -0.284. The van der Waals surface area contributed by atoms with Crippen molar-refractivity contribution in [1.82, 2.24) is 15.5 Å². The average molecular weight is 197 g/mol. The van der Waals surface area contributed by atoms with E-state index in [0.29, 0.717) is 18.9 Å². The van der Waals surface area contributed by atoms with Crippen LogP contribution in [0.15, 0.2) is 0 Å². The Morgan fingerprint density at radius 1 is 1.50 bits per heavy atom. The fourth-order valence-electron chi connectivity index (χ4n) is 1.77. The second-order valence-corrected chi connectivity index (χ2v) is 3.92. The van der Waals surface area contributed by atoms with Crippen molar-refractivity contribution in [3.63, 3.8) is 0 Å². The van der Waals surface area contributed by atoms with Gasteiger partial charge >= 0.3 is 0 Å². The lowest BCUT2D eigenvalue weighted by molar-refractivity contribution is -0.135. The second-order valence-electron chi connectivity index (χ2n) is 3.92. The summed E-state index contributed by atoms with van der Waals surface area (Å²) < 4.78 is 0. The van der Waals surface area contributed by atoms with E-state index in [-0.39, 0.29) is 17.9 Å². The van der Waals surface area contributed by atoms with Gasteiger partial charge < -0.3 is 15.5 Å². The molecule has 2 saturated heterocycles. The molecule has 0 aromatic rings. The van der Waals surface area contributed by atoms with Gasteiger partial charge in [0.15, 0.2) is 0 Å². The zero-order valence-electron chi connectivity index (χ0n) is 8.25. The number of hydrogen-bond acceptors (Lipinski definition) is 3. The summed E-state index contributed by atoms with van der Waals surface area (Å²) >= 11 is 0. The molecule has 2 N–H and O–H groups in total. The van der Waals surface area contributed by atoms with Crippen LogP contribution in [0, 0.1) is 0 Å². The van der Waals surface area contributed by atoms with Crippen molar-refractivity contribution in [1.29, 1.82) is 0 Å². The third kappa shape index (κ3) is 1.59. The highest BCUT2D eigenvalue weighted by Gasteiger charge is 2.33. The van der Waals surface area contributed by atoms with Crippen LogP contribution in [0.3, 0.4) is 0 Å². The molecule has 2 amide bonds. The van der Waals surface area contributed by atoms with Crippen molar-refractivity contribution in [2.45, 2.75) is 24.9 Å². The van der Waals surface area contributed by atoms with E-state index in [0.717, 1.165) is 13.1 Å². The number of likely N-dealkylation sites (N-methyl/N-ethyl adjacent to an activating group) is 1. The molecule has 2 aliphatic rings. The maximum absolute atomic E-state index is 11.8. The van der Waals surface area contributed by atoms with Crippen LogP contribution in [-0.2, 0) is 9.59 Å². The molecule has 2 rings (SSSR count). The molecule has 14 heavy (non-hydrogen) atoms. The van der Waals surface area contributed by atoms with Crippen LogP contribution in [0.4, 0.5) is 0 Å². The molecule has 0 saturated carbocycles. The molecular formula is C9H15N3O2. The van der Waals surface area contributed by atoms with E-state index in [1.807, 2.05) is 0 Å². The Balaban J connectivity index is 1.90. The molecule has 0 bridgehead atoms. The zero-order valence-corrected chi connectivity index (χ0v) is 8.25. The predicted octanol–water partition coefficient (Wildman–Crippen LogP) is -1.30. The maximum Gasteiger partial charge on any atom is 0.245 e. The first-order valence-electron chi connectivity index (χ1n) is 4.95. The molecule has 5 heteroatoms. The molecule has 0 radical (unpaired) electrons. The Morgan fingerprint density at radius 2 is 2.21 bits per heavy atom. The molecule has 0 unspecified atom stereocenters. The lowest BCUT2D eigenvalue weighted by Gasteiger charge is -2.36. The topological polar surface area (TPSA) is 61.4 Å². The van der Waals surface area contributed by atoms with Crippen molar-refractivity contribution in [2.24, 2.45) is 0 Å². The average Bonchev–Trinajstić information content (AvgIpc) is 2.47. The van der Waals surface area contributed by atoms with Gasteiger partial charge in [-0.2, -0.15) is 0 Å². The zero-order chi connectivity index (χ0) is 10.1. The lowest BCUT2D eigenvalue weighted by atomic mass is 10.1. The van der Waals surface area contributed by atoms with Gasteiger partial charge in [-0.1, -0.05) is 0 Å². The van der Waals surface area contributed by atoms with Crippen molar-refractivity contribution in [3.8, 4) is 0 Å². The standard InChI is InChI=1S/C9H15N3O2/c1-12(6-4-10-5-6)9(14)7-2-3-8(13)11-7/h6-7,10H,2-5H2,1H3,(H,11,13)/t7-/m1/s1. The number of amides is 2. The first kappa shape index (κ1) is 9.45. The van der Waals surface area contributed by atoms with Crippen molar-refractivity contribution in [2.75, 3.05) is 20.1 Å². The predicted molar refractivity (Wildman–Crippen MR) is 50.6 cm³/mol. The molecule has 0 aromatic heterocycles. The number of nitrogens with one attached hydrogen (secondary N) is 2. The molecule has 1 atom stereocenters. The number of carbonyl (C=O) groups excluding carboxylic acids is 2. The van der Waals surface area contributed by atoms with Gasteiger partial charge in [-0.15, -0.1) is 0 Å². The minimum Gasteiger partial charge on any atom is -0.344 e. The molecule has 78 valence electrons. The molecule has 0 aromatic carbocycles. The van der Waals surface area contributed by atoms with Crippen molar-refractivity contribution < 1.29 is 9.59 Å². The fraction of sp³-hybridized carbons (Fsp3) is 0.778. The fourth-order valence-corrected chi connectivity index (χ4v) is 1.77. The second kappa shape index (κ2) is 3.57. The number of nitrogens with zero attached hydrogens (tertiary/aromatic N) is 1. The van der Waals surface area contributed by atoms with Gasteiger partial charge in [0.1, 0.15) is 6.04 Å². The van der Waals surface area contributed by atoms with Crippen molar-refractivity contribution >= 4 is 11.8 Å². The molecule has 5 nitrogen and oxygen atoms in total. The Hall–Kier alpha value is -1.10. The Kier molecular flexibility index (Phi) is 2.41.